The fourth-order valence-electron chi connectivity index (χ4n) is 5.29. The molecule has 50 heavy (non-hydrogen) atoms. The van der Waals surface area contributed by atoms with Crippen LogP contribution in [0.5, 0.6) is 23.1 Å². The summed E-state index contributed by atoms with van der Waals surface area (Å²) in [7, 11) is 2.90. The van der Waals surface area contributed by atoms with Gasteiger partial charge in [-0.05, 0) is 50.6 Å². The van der Waals surface area contributed by atoms with Gasteiger partial charge in [-0.2, -0.15) is 0 Å². The lowest BCUT2D eigenvalue weighted by atomic mass is 10.0. The average molecular weight is 686 g/mol. The molecule has 12 nitrogen and oxygen atoms in total. The van der Waals surface area contributed by atoms with Crippen LogP contribution >= 0.6 is 0 Å². The number of nitrogens with zero attached hydrogens (tertiary/aromatic N) is 4. The van der Waals surface area contributed by atoms with E-state index in [1.54, 1.807) is 37.6 Å². The monoisotopic (exact) mass is 685 g/mol. The number of hydrogen-bond donors (Lipinski definition) is 1. The summed E-state index contributed by atoms with van der Waals surface area (Å²) in [5, 5.41) is 2.59. The van der Waals surface area contributed by atoms with Crippen LogP contribution in [0.4, 0.5) is 19.3 Å². The highest BCUT2D eigenvalue weighted by molar-refractivity contribution is 6.04. The van der Waals surface area contributed by atoms with Crippen LogP contribution < -0.4 is 25.0 Å². The minimum Gasteiger partial charge on any atom is -0.491 e. The van der Waals surface area contributed by atoms with Gasteiger partial charge in [0.25, 0.3) is 11.8 Å². The van der Waals surface area contributed by atoms with E-state index in [9.17, 15) is 18.8 Å². The first-order valence-electron chi connectivity index (χ1n) is 15.5. The van der Waals surface area contributed by atoms with Crippen molar-refractivity contribution in [2.75, 3.05) is 32.6 Å². The van der Waals surface area contributed by atoms with Crippen LogP contribution in [-0.4, -0.2) is 64.3 Å². The van der Waals surface area contributed by atoms with E-state index in [0.717, 1.165) is 6.07 Å². The zero-order valence-corrected chi connectivity index (χ0v) is 27.8. The standard InChI is InChI=1S/C36H33F2N5O7/c1-36(2,3)50-35(46)43-16-23(17-43)42-18-24(20-6-8-21(37)9-7-20)32(44)25(19-42)33(45)40-22-10-11-28(26(38)14-22)49-29-12-13-39-27-15-30(47-4)34(48-5)41-31(27)29/h6-15,18-19,23H,16-17H2,1-5H3,(H,40,45). The number of aromatic nitrogens is 3. The first-order valence-corrected chi connectivity index (χ1v) is 15.5. The Hall–Kier alpha value is -6.05. The summed E-state index contributed by atoms with van der Waals surface area (Å²) >= 11 is 0. The van der Waals surface area contributed by atoms with Gasteiger partial charge in [-0.1, -0.05) is 12.1 Å². The van der Waals surface area contributed by atoms with E-state index in [4.69, 9.17) is 18.9 Å². The maximum Gasteiger partial charge on any atom is 0.410 e. The second-order valence-corrected chi connectivity index (χ2v) is 12.5. The molecular weight excluding hydrogens is 652 g/mol. The Labute approximate surface area is 285 Å². The summed E-state index contributed by atoms with van der Waals surface area (Å²) < 4.78 is 52.6. The van der Waals surface area contributed by atoms with Crippen LogP contribution in [0.25, 0.3) is 22.2 Å². The predicted molar refractivity (Wildman–Crippen MR) is 180 cm³/mol. The molecule has 2 aromatic carbocycles. The Bertz CT molecular complexity index is 2160. The maximum atomic E-state index is 15.4. The predicted octanol–water partition coefficient (Wildman–Crippen LogP) is 6.59. The minimum atomic E-state index is -0.803. The number of halogens is 2. The second kappa shape index (κ2) is 13.5. The van der Waals surface area contributed by atoms with Crippen molar-refractivity contribution in [1.29, 1.82) is 0 Å². The zero-order valence-electron chi connectivity index (χ0n) is 27.8. The molecular formula is C36H33F2N5O7. The third-order valence-corrected chi connectivity index (χ3v) is 7.81. The van der Waals surface area contributed by atoms with Crippen molar-refractivity contribution in [2.24, 2.45) is 0 Å². The molecule has 0 radical (unpaired) electrons. The van der Waals surface area contributed by atoms with E-state index in [1.165, 1.54) is 74.0 Å². The fraction of sp³-hybridized carbons (Fsp3) is 0.250. The number of rotatable bonds is 8. The highest BCUT2D eigenvalue weighted by atomic mass is 19.1. The van der Waals surface area contributed by atoms with E-state index in [-0.39, 0.29) is 53.3 Å². The first kappa shape index (κ1) is 33.8. The number of methoxy groups -OCH3 is 2. The molecule has 3 aromatic heterocycles. The van der Waals surface area contributed by atoms with E-state index in [2.05, 4.69) is 15.3 Å². The Morgan fingerprint density at radius 2 is 1.66 bits per heavy atom. The highest BCUT2D eigenvalue weighted by Gasteiger charge is 2.35. The summed E-state index contributed by atoms with van der Waals surface area (Å²) in [6.45, 7) is 5.86. The molecule has 1 N–H and O–H groups in total. The molecule has 0 unspecified atom stereocenters. The summed E-state index contributed by atoms with van der Waals surface area (Å²) in [6, 6.07) is 12.0. The molecule has 0 atom stereocenters. The van der Waals surface area contributed by atoms with Crippen molar-refractivity contribution in [1.82, 2.24) is 19.4 Å². The van der Waals surface area contributed by atoms with Crippen LogP contribution in [0.15, 0.2) is 78.0 Å². The normalized spacial score (nSPS) is 13.1. The van der Waals surface area contributed by atoms with Gasteiger partial charge in [0.05, 0.1) is 25.8 Å². The van der Waals surface area contributed by atoms with Gasteiger partial charge < -0.3 is 33.7 Å². The molecule has 258 valence electrons. The summed E-state index contributed by atoms with van der Waals surface area (Å²) in [5.74, 6) is -1.49. The smallest absolute Gasteiger partial charge is 0.410 e. The van der Waals surface area contributed by atoms with Gasteiger partial charge in [-0.15, -0.1) is 0 Å². The Kier molecular flexibility index (Phi) is 9.11. The lowest BCUT2D eigenvalue weighted by Crippen LogP contribution is -2.52. The highest BCUT2D eigenvalue weighted by Crippen LogP contribution is 2.35. The van der Waals surface area contributed by atoms with Crippen molar-refractivity contribution >= 4 is 28.7 Å². The number of nitrogens with one attached hydrogen (secondary N) is 1. The van der Waals surface area contributed by atoms with Crippen molar-refractivity contribution in [3.8, 4) is 34.3 Å². The van der Waals surface area contributed by atoms with Crippen LogP contribution in [-0.2, 0) is 4.74 Å². The minimum absolute atomic E-state index is 0.0573. The molecule has 0 saturated carbocycles. The van der Waals surface area contributed by atoms with Gasteiger partial charge in [0.15, 0.2) is 23.1 Å². The quantitative estimate of drug-likeness (QED) is 0.192. The molecule has 14 heteroatoms. The second-order valence-electron chi connectivity index (χ2n) is 12.5. The van der Waals surface area contributed by atoms with Crippen LogP contribution in [0.1, 0.15) is 37.2 Å². The van der Waals surface area contributed by atoms with E-state index < -0.39 is 34.7 Å². The lowest BCUT2D eigenvalue weighted by molar-refractivity contribution is 0.000982. The molecule has 0 bridgehead atoms. The number of likely N-dealkylation sites (tertiary alicyclic amines) is 1. The first-order chi connectivity index (χ1) is 23.8. The Morgan fingerprint density at radius 1 is 0.920 bits per heavy atom. The molecule has 0 spiro atoms. The molecule has 0 aliphatic carbocycles. The number of benzene rings is 2. The molecule has 1 saturated heterocycles. The van der Waals surface area contributed by atoms with Crippen LogP contribution in [0.2, 0.25) is 0 Å². The Morgan fingerprint density at radius 3 is 2.32 bits per heavy atom. The van der Waals surface area contributed by atoms with Crippen molar-refractivity contribution in [3.63, 3.8) is 0 Å². The largest absolute Gasteiger partial charge is 0.491 e. The van der Waals surface area contributed by atoms with Crippen molar-refractivity contribution < 1.29 is 37.3 Å². The SMILES string of the molecule is COc1cc2nccc(Oc3ccc(NC(=O)c4cn(C5CN(C(=O)OC(C)(C)C)C5)cc(-c5ccc(F)cc5)c4=O)cc3F)c2nc1OC. The van der Waals surface area contributed by atoms with E-state index in [1.807, 2.05) is 0 Å². The molecule has 1 fully saturated rings. The lowest BCUT2D eigenvalue weighted by Gasteiger charge is -2.41. The number of ether oxygens (including phenoxy) is 4. The summed E-state index contributed by atoms with van der Waals surface area (Å²) in [6.07, 6.45) is 3.96. The summed E-state index contributed by atoms with van der Waals surface area (Å²) in [5.41, 5.74) is -0.183. The number of anilines is 1. The number of fused-ring (bicyclic) bond motifs is 1. The fourth-order valence-corrected chi connectivity index (χ4v) is 5.29. The van der Waals surface area contributed by atoms with E-state index >= 15 is 4.39 Å². The molecule has 1 aliphatic heterocycles. The zero-order chi connectivity index (χ0) is 35.7. The Balaban J connectivity index is 1.25. The van der Waals surface area contributed by atoms with Gasteiger partial charge in [0.1, 0.15) is 22.5 Å². The maximum absolute atomic E-state index is 15.4. The molecule has 2 amide bonds. The summed E-state index contributed by atoms with van der Waals surface area (Å²) in [4.78, 5) is 49.9. The van der Waals surface area contributed by atoms with Gasteiger partial charge >= 0.3 is 6.09 Å². The van der Waals surface area contributed by atoms with Gasteiger partial charge in [0.2, 0.25) is 5.43 Å². The molecule has 6 rings (SSSR count). The van der Waals surface area contributed by atoms with Gasteiger partial charge in [0, 0.05) is 61.1 Å². The molecule has 4 heterocycles. The number of carbonyl (C=O) groups excluding carboxylic acids is 2. The number of amides is 2. The number of hydrogen-bond acceptors (Lipinski definition) is 9. The van der Waals surface area contributed by atoms with Crippen LogP contribution in [0, 0.1) is 11.6 Å². The van der Waals surface area contributed by atoms with Crippen LogP contribution in [0.3, 0.4) is 0 Å². The topological polar surface area (TPSA) is 134 Å². The van der Waals surface area contributed by atoms with Crippen molar-refractivity contribution in [3.05, 3.63) is 101 Å². The van der Waals surface area contributed by atoms with Gasteiger partial charge in [-0.3, -0.25) is 14.6 Å². The van der Waals surface area contributed by atoms with Crippen molar-refractivity contribution in [2.45, 2.75) is 32.4 Å². The number of pyridine rings is 3. The molecule has 5 aromatic rings. The number of carbonyl (C=O) groups is 2. The third kappa shape index (κ3) is 7.04. The average Bonchev–Trinajstić information content (AvgIpc) is 3.05. The molecule has 1 aliphatic rings. The van der Waals surface area contributed by atoms with E-state index in [0.29, 0.717) is 22.3 Å². The van der Waals surface area contributed by atoms with Gasteiger partial charge in [-0.25, -0.2) is 18.6 Å². The third-order valence-electron chi connectivity index (χ3n) is 7.81.